The molecule has 1 aromatic heterocycles. The highest BCUT2D eigenvalue weighted by Gasteiger charge is 2.30. The molecule has 2 unspecified atom stereocenters. The summed E-state index contributed by atoms with van der Waals surface area (Å²) < 4.78 is 7.35. The van der Waals surface area contributed by atoms with Gasteiger partial charge < -0.3 is 10.1 Å². The van der Waals surface area contributed by atoms with E-state index in [0.29, 0.717) is 5.92 Å². The molecular weight excluding hydrogens is 242 g/mol. The lowest BCUT2D eigenvalue weighted by Crippen LogP contribution is -2.24. The lowest BCUT2D eigenvalue weighted by molar-refractivity contribution is 0.0921. The Morgan fingerprint density at radius 3 is 3.17 bits per heavy atom. The van der Waals surface area contributed by atoms with Crippen LogP contribution < -0.4 is 5.32 Å². The molecule has 0 aliphatic carbocycles. The van der Waals surface area contributed by atoms with Crippen molar-refractivity contribution in [1.82, 2.24) is 5.32 Å². The fourth-order valence-electron chi connectivity index (χ4n) is 2.74. The SMILES string of the molecule is CCNCC1CCOC1c1csc2ccccc12. The minimum atomic E-state index is 0.278. The quantitative estimate of drug-likeness (QED) is 0.908. The molecule has 2 aromatic rings. The van der Waals surface area contributed by atoms with Gasteiger partial charge in [-0.1, -0.05) is 25.1 Å². The predicted octanol–water partition coefficient (Wildman–Crippen LogP) is 3.59. The van der Waals surface area contributed by atoms with Crippen LogP contribution in [0.1, 0.15) is 25.0 Å². The molecule has 1 aliphatic rings. The van der Waals surface area contributed by atoms with Crippen LogP contribution in [0.5, 0.6) is 0 Å². The molecule has 18 heavy (non-hydrogen) atoms. The third-order valence-corrected chi connectivity index (χ3v) is 4.67. The van der Waals surface area contributed by atoms with Gasteiger partial charge in [0, 0.05) is 23.8 Å². The Bertz CT molecular complexity index is 522. The third kappa shape index (κ3) is 2.18. The van der Waals surface area contributed by atoms with Gasteiger partial charge in [-0.2, -0.15) is 0 Å². The van der Waals surface area contributed by atoms with E-state index in [1.165, 1.54) is 22.1 Å². The van der Waals surface area contributed by atoms with Gasteiger partial charge in [0.2, 0.25) is 0 Å². The number of fused-ring (bicyclic) bond motifs is 1. The van der Waals surface area contributed by atoms with Gasteiger partial charge in [0.15, 0.2) is 0 Å². The molecule has 1 fully saturated rings. The largest absolute Gasteiger partial charge is 0.373 e. The normalized spacial score (nSPS) is 23.8. The van der Waals surface area contributed by atoms with Crippen LogP contribution in [0.25, 0.3) is 10.1 Å². The zero-order valence-corrected chi connectivity index (χ0v) is 11.5. The van der Waals surface area contributed by atoms with Gasteiger partial charge in [0.1, 0.15) is 0 Å². The molecule has 1 aromatic carbocycles. The van der Waals surface area contributed by atoms with Crippen molar-refractivity contribution in [3.05, 3.63) is 35.2 Å². The first-order valence-corrected chi connectivity index (χ1v) is 7.56. The Hall–Kier alpha value is -0.900. The van der Waals surface area contributed by atoms with E-state index in [9.17, 15) is 0 Å². The van der Waals surface area contributed by atoms with Gasteiger partial charge in [-0.15, -0.1) is 11.3 Å². The number of rotatable bonds is 4. The van der Waals surface area contributed by atoms with Crippen molar-refractivity contribution in [3.8, 4) is 0 Å². The molecule has 3 heteroatoms. The second kappa shape index (κ2) is 5.39. The Morgan fingerprint density at radius 2 is 2.28 bits per heavy atom. The van der Waals surface area contributed by atoms with Crippen molar-refractivity contribution in [2.24, 2.45) is 5.92 Å². The third-order valence-electron chi connectivity index (χ3n) is 3.69. The molecule has 96 valence electrons. The minimum Gasteiger partial charge on any atom is -0.373 e. The molecule has 0 spiro atoms. The van der Waals surface area contributed by atoms with Gasteiger partial charge in [-0.05, 0) is 35.4 Å². The predicted molar refractivity (Wildman–Crippen MR) is 77.2 cm³/mol. The summed E-state index contributed by atoms with van der Waals surface area (Å²) in [6.07, 6.45) is 1.45. The Kier molecular flexibility index (Phi) is 3.64. The standard InChI is InChI=1S/C15H19NOS/c1-2-16-9-11-7-8-17-15(11)13-10-18-14-6-4-3-5-12(13)14/h3-6,10-11,15-16H,2,7-9H2,1H3. The highest BCUT2D eigenvalue weighted by Crippen LogP contribution is 2.40. The van der Waals surface area contributed by atoms with Crippen LogP contribution in [0.2, 0.25) is 0 Å². The molecule has 1 aliphatic heterocycles. The van der Waals surface area contributed by atoms with Gasteiger partial charge in [-0.3, -0.25) is 0 Å². The number of thiophene rings is 1. The Labute approximate surface area is 112 Å². The van der Waals surface area contributed by atoms with Crippen LogP contribution in [-0.2, 0) is 4.74 Å². The first kappa shape index (κ1) is 12.2. The van der Waals surface area contributed by atoms with Crippen molar-refractivity contribution in [1.29, 1.82) is 0 Å². The molecule has 2 nitrogen and oxygen atoms in total. The van der Waals surface area contributed by atoms with Crippen molar-refractivity contribution in [2.75, 3.05) is 19.7 Å². The number of hydrogen-bond donors (Lipinski definition) is 1. The molecule has 0 saturated carbocycles. The van der Waals surface area contributed by atoms with Crippen LogP contribution in [0.4, 0.5) is 0 Å². The summed E-state index contributed by atoms with van der Waals surface area (Å²) in [5, 5.41) is 7.10. The first-order chi connectivity index (χ1) is 8.90. The zero-order valence-electron chi connectivity index (χ0n) is 10.7. The maximum Gasteiger partial charge on any atom is 0.0880 e. The molecule has 2 atom stereocenters. The smallest absolute Gasteiger partial charge is 0.0880 e. The lowest BCUT2D eigenvalue weighted by atomic mass is 9.95. The summed E-state index contributed by atoms with van der Waals surface area (Å²) in [5.74, 6) is 0.614. The average molecular weight is 261 g/mol. The van der Waals surface area contributed by atoms with Gasteiger partial charge in [-0.25, -0.2) is 0 Å². The maximum absolute atomic E-state index is 5.98. The molecule has 0 amide bonds. The second-order valence-corrected chi connectivity index (χ2v) is 5.75. The number of nitrogens with one attached hydrogen (secondary N) is 1. The summed E-state index contributed by atoms with van der Waals surface area (Å²) in [4.78, 5) is 0. The van der Waals surface area contributed by atoms with Crippen molar-refractivity contribution >= 4 is 21.4 Å². The van der Waals surface area contributed by atoms with Crippen molar-refractivity contribution in [2.45, 2.75) is 19.4 Å². The number of hydrogen-bond acceptors (Lipinski definition) is 3. The van der Waals surface area contributed by atoms with Gasteiger partial charge in [0.05, 0.1) is 6.10 Å². The van der Waals surface area contributed by atoms with E-state index in [2.05, 4.69) is 41.9 Å². The van der Waals surface area contributed by atoms with E-state index in [0.717, 1.165) is 19.7 Å². The second-order valence-electron chi connectivity index (χ2n) is 4.84. The van der Waals surface area contributed by atoms with Crippen molar-refractivity contribution < 1.29 is 4.74 Å². The summed E-state index contributed by atoms with van der Waals surface area (Å²) in [5.41, 5.74) is 1.39. The molecule has 0 radical (unpaired) electrons. The zero-order chi connectivity index (χ0) is 12.4. The van der Waals surface area contributed by atoms with Crippen molar-refractivity contribution in [3.63, 3.8) is 0 Å². The Balaban J connectivity index is 1.88. The average Bonchev–Trinajstić information content (AvgIpc) is 3.02. The molecule has 1 N–H and O–H groups in total. The summed E-state index contributed by atoms with van der Waals surface area (Å²) in [6.45, 7) is 5.15. The van der Waals surface area contributed by atoms with Crippen LogP contribution in [-0.4, -0.2) is 19.7 Å². The van der Waals surface area contributed by atoms with Gasteiger partial charge in [0.25, 0.3) is 0 Å². The van der Waals surface area contributed by atoms with E-state index in [4.69, 9.17) is 4.74 Å². The Morgan fingerprint density at radius 1 is 1.39 bits per heavy atom. The minimum absolute atomic E-state index is 0.278. The number of benzene rings is 1. The van der Waals surface area contributed by atoms with Crippen LogP contribution in [0.3, 0.4) is 0 Å². The number of ether oxygens (including phenoxy) is 1. The molecule has 2 heterocycles. The van der Waals surface area contributed by atoms with E-state index in [1.807, 2.05) is 11.3 Å². The fraction of sp³-hybridized carbons (Fsp3) is 0.467. The van der Waals surface area contributed by atoms with E-state index >= 15 is 0 Å². The van der Waals surface area contributed by atoms with Gasteiger partial charge >= 0.3 is 0 Å². The summed E-state index contributed by atoms with van der Waals surface area (Å²) in [7, 11) is 0. The maximum atomic E-state index is 5.98. The van der Waals surface area contributed by atoms with E-state index in [-0.39, 0.29) is 6.10 Å². The summed E-state index contributed by atoms with van der Waals surface area (Å²) in [6, 6.07) is 8.63. The fourth-order valence-corrected chi connectivity index (χ4v) is 3.72. The van der Waals surface area contributed by atoms with E-state index in [1.54, 1.807) is 0 Å². The first-order valence-electron chi connectivity index (χ1n) is 6.68. The van der Waals surface area contributed by atoms with E-state index < -0.39 is 0 Å². The van der Waals surface area contributed by atoms with Crippen LogP contribution in [0.15, 0.2) is 29.6 Å². The highest BCUT2D eigenvalue weighted by molar-refractivity contribution is 7.17. The molecule has 3 rings (SSSR count). The topological polar surface area (TPSA) is 21.3 Å². The molecule has 1 saturated heterocycles. The van der Waals surface area contributed by atoms with Crippen LogP contribution >= 0.6 is 11.3 Å². The molecule has 0 bridgehead atoms. The highest BCUT2D eigenvalue weighted by atomic mass is 32.1. The van der Waals surface area contributed by atoms with Crippen LogP contribution in [0, 0.1) is 5.92 Å². The molecular formula is C15H19NOS. The summed E-state index contributed by atoms with van der Waals surface area (Å²) >= 11 is 1.83. The lowest BCUT2D eigenvalue weighted by Gasteiger charge is -2.18. The monoisotopic (exact) mass is 261 g/mol.